The fraction of sp³-hybridized carbons (Fsp3) is 0.273. The summed E-state index contributed by atoms with van der Waals surface area (Å²) in [5.41, 5.74) is 2.56. The normalized spacial score (nSPS) is 16.0. The van der Waals surface area contributed by atoms with Gasteiger partial charge in [0.25, 0.3) is 5.91 Å². The Morgan fingerprint density at radius 2 is 2.10 bits per heavy atom. The van der Waals surface area contributed by atoms with E-state index in [2.05, 4.69) is 15.2 Å². The Bertz CT molecular complexity index is 1020. The summed E-state index contributed by atoms with van der Waals surface area (Å²) < 4.78 is 5.73. The van der Waals surface area contributed by atoms with E-state index in [1.54, 1.807) is 36.5 Å². The second-order valence-electron chi connectivity index (χ2n) is 7.06. The smallest absolute Gasteiger partial charge is 0.274 e. The highest BCUT2D eigenvalue weighted by Crippen LogP contribution is 2.31. The molecule has 3 aromatic rings. The molecule has 148 valence electrons. The van der Waals surface area contributed by atoms with E-state index in [-0.39, 0.29) is 24.3 Å². The standard InChI is InChI=1S/C22H22N4O3/c1-15(27)16-6-4-7-18(12-16)29-14-17-13-20(25-24-17)22(28)26-11-5-9-21(26)19-8-2-3-10-23-19/h2-4,6-8,10,12-13,21H,5,9,11,14H2,1H3,(H,24,25). The number of aromatic nitrogens is 3. The fourth-order valence-electron chi connectivity index (χ4n) is 3.55. The van der Waals surface area contributed by atoms with Crippen molar-refractivity contribution in [1.82, 2.24) is 20.1 Å². The number of nitrogens with zero attached hydrogens (tertiary/aromatic N) is 3. The van der Waals surface area contributed by atoms with E-state index in [0.717, 1.165) is 18.5 Å². The van der Waals surface area contributed by atoms with Crippen molar-refractivity contribution in [1.29, 1.82) is 0 Å². The minimum absolute atomic E-state index is 0.0158. The van der Waals surface area contributed by atoms with Crippen LogP contribution in [0.5, 0.6) is 5.75 Å². The summed E-state index contributed by atoms with van der Waals surface area (Å²) in [6, 6.07) is 14.5. The van der Waals surface area contributed by atoms with Crippen molar-refractivity contribution < 1.29 is 14.3 Å². The van der Waals surface area contributed by atoms with Gasteiger partial charge in [-0.15, -0.1) is 0 Å². The Morgan fingerprint density at radius 1 is 1.21 bits per heavy atom. The molecule has 0 saturated carbocycles. The number of hydrogen-bond acceptors (Lipinski definition) is 5. The van der Waals surface area contributed by atoms with Gasteiger partial charge in [-0.25, -0.2) is 0 Å². The number of aromatic amines is 1. The Kier molecular flexibility index (Phi) is 5.37. The van der Waals surface area contributed by atoms with Crippen LogP contribution in [0, 0.1) is 0 Å². The largest absolute Gasteiger partial charge is 0.487 e. The zero-order valence-corrected chi connectivity index (χ0v) is 16.2. The van der Waals surface area contributed by atoms with Crippen molar-refractivity contribution in [3.05, 3.63) is 77.4 Å². The third-order valence-electron chi connectivity index (χ3n) is 5.03. The molecule has 29 heavy (non-hydrogen) atoms. The summed E-state index contributed by atoms with van der Waals surface area (Å²) >= 11 is 0. The van der Waals surface area contributed by atoms with E-state index in [0.29, 0.717) is 29.2 Å². The molecule has 3 heterocycles. The van der Waals surface area contributed by atoms with Gasteiger partial charge in [0.1, 0.15) is 12.4 Å². The zero-order chi connectivity index (χ0) is 20.2. The lowest BCUT2D eigenvalue weighted by Gasteiger charge is -2.23. The fourth-order valence-corrected chi connectivity index (χ4v) is 3.55. The van der Waals surface area contributed by atoms with Gasteiger partial charge in [0.15, 0.2) is 11.5 Å². The molecule has 0 aliphatic carbocycles. The number of likely N-dealkylation sites (tertiary alicyclic amines) is 1. The van der Waals surface area contributed by atoms with Gasteiger partial charge in [0, 0.05) is 18.3 Å². The average Bonchev–Trinajstić information content (AvgIpc) is 3.42. The van der Waals surface area contributed by atoms with Gasteiger partial charge < -0.3 is 9.64 Å². The summed E-state index contributed by atoms with van der Waals surface area (Å²) in [5.74, 6) is 0.465. The number of ketones is 1. The molecule has 4 rings (SSSR count). The van der Waals surface area contributed by atoms with Crippen molar-refractivity contribution in [3.63, 3.8) is 0 Å². The highest BCUT2D eigenvalue weighted by atomic mass is 16.5. The maximum absolute atomic E-state index is 13.0. The first-order valence-electron chi connectivity index (χ1n) is 9.62. The molecule has 1 saturated heterocycles. The summed E-state index contributed by atoms with van der Waals surface area (Å²) in [6.07, 6.45) is 3.59. The molecule has 1 atom stereocenters. The number of ether oxygens (including phenoxy) is 1. The first kappa shape index (κ1) is 18.9. The van der Waals surface area contributed by atoms with Gasteiger partial charge in [0.2, 0.25) is 0 Å². The van der Waals surface area contributed by atoms with E-state index in [1.165, 1.54) is 6.92 Å². The van der Waals surface area contributed by atoms with Gasteiger partial charge in [-0.05, 0) is 50.1 Å². The SMILES string of the molecule is CC(=O)c1cccc(OCc2cc(C(=O)N3CCCC3c3ccccn3)n[nH]2)c1. The molecule has 1 fully saturated rings. The second kappa shape index (κ2) is 8.26. The lowest BCUT2D eigenvalue weighted by molar-refractivity contribution is 0.0726. The summed E-state index contributed by atoms with van der Waals surface area (Å²) in [4.78, 5) is 30.7. The molecular weight excluding hydrogens is 368 g/mol. The number of carbonyl (C=O) groups is 2. The Balaban J connectivity index is 1.43. The maximum Gasteiger partial charge on any atom is 0.274 e. The molecule has 0 spiro atoms. The third kappa shape index (κ3) is 4.18. The Labute approximate surface area is 168 Å². The highest BCUT2D eigenvalue weighted by Gasteiger charge is 2.32. The van der Waals surface area contributed by atoms with Crippen LogP contribution in [-0.2, 0) is 6.61 Å². The summed E-state index contributed by atoms with van der Waals surface area (Å²) in [5, 5.41) is 7.04. The van der Waals surface area contributed by atoms with E-state index < -0.39 is 0 Å². The van der Waals surface area contributed by atoms with E-state index in [9.17, 15) is 9.59 Å². The molecule has 1 aromatic carbocycles. The Hall–Kier alpha value is -3.48. The number of pyridine rings is 1. The number of nitrogens with one attached hydrogen (secondary N) is 1. The average molecular weight is 390 g/mol. The molecule has 2 aromatic heterocycles. The van der Waals surface area contributed by atoms with Gasteiger partial charge >= 0.3 is 0 Å². The van der Waals surface area contributed by atoms with E-state index in [1.807, 2.05) is 23.1 Å². The molecule has 1 aliphatic rings. The lowest BCUT2D eigenvalue weighted by atomic mass is 10.1. The molecule has 7 nitrogen and oxygen atoms in total. The number of Topliss-reactive ketones (excluding diaryl/α,β-unsaturated/α-hetero) is 1. The van der Waals surface area contributed by atoms with Gasteiger partial charge in [0.05, 0.1) is 17.4 Å². The predicted molar refractivity (Wildman–Crippen MR) is 107 cm³/mol. The molecule has 0 radical (unpaired) electrons. The second-order valence-corrected chi connectivity index (χ2v) is 7.06. The van der Waals surface area contributed by atoms with E-state index >= 15 is 0 Å². The molecule has 0 bridgehead atoms. The first-order valence-corrected chi connectivity index (χ1v) is 9.62. The minimum Gasteiger partial charge on any atom is -0.487 e. The zero-order valence-electron chi connectivity index (χ0n) is 16.2. The molecule has 1 aliphatic heterocycles. The third-order valence-corrected chi connectivity index (χ3v) is 5.03. The Morgan fingerprint density at radius 3 is 2.90 bits per heavy atom. The number of rotatable bonds is 6. The van der Waals surface area contributed by atoms with Gasteiger partial charge in [-0.1, -0.05) is 18.2 Å². The van der Waals surface area contributed by atoms with Crippen LogP contribution in [0.4, 0.5) is 0 Å². The number of benzene rings is 1. The molecule has 1 amide bonds. The van der Waals surface area contributed by atoms with Crippen LogP contribution >= 0.6 is 0 Å². The van der Waals surface area contributed by atoms with Gasteiger partial charge in [-0.2, -0.15) is 5.10 Å². The minimum atomic E-state index is -0.112. The van der Waals surface area contributed by atoms with Crippen molar-refractivity contribution >= 4 is 11.7 Å². The maximum atomic E-state index is 13.0. The molecule has 1 N–H and O–H groups in total. The molecule has 1 unspecified atom stereocenters. The predicted octanol–water partition coefficient (Wildman–Crippen LogP) is 3.56. The number of hydrogen-bond donors (Lipinski definition) is 1. The van der Waals surface area contributed by atoms with Crippen molar-refractivity contribution in [3.8, 4) is 5.75 Å². The van der Waals surface area contributed by atoms with Crippen LogP contribution in [0.3, 0.4) is 0 Å². The van der Waals surface area contributed by atoms with Gasteiger partial charge in [-0.3, -0.25) is 19.7 Å². The lowest BCUT2D eigenvalue weighted by Crippen LogP contribution is -2.31. The van der Waals surface area contributed by atoms with Crippen LogP contribution in [0.2, 0.25) is 0 Å². The number of H-pyrrole nitrogens is 1. The van der Waals surface area contributed by atoms with Crippen LogP contribution in [0.15, 0.2) is 54.7 Å². The highest BCUT2D eigenvalue weighted by molar-refractivity contribution is 5.94. The molecular formula is C22H22N4O3. The van der Waals surface area contributed by atoms with E-state index in [4.69, 9.17) is 4.74 Å². The van der Waals surface area contributed by atoms with Crippen molar-refractivity contribution in [2.45, 2.75) is 32.4 Å². The first-order chi connectivity index (χ1) is 14.1. The topological polar surface area (TPSA) is 88.2 Å². The number of amides is 1. The number of carbonyl (C=O) groups excluding carboxylic acids is 2. The van der Waals surface area contributed by atoms with Crippen LogP contribution < -0.4 is 4.74 Å². The summed E-state index contributed by atoms with van der Waals surface area (Å²) in [6.45, 7) is 2.43. The van der Waals surface area contributed by atoms with Crippen molar-refractivity contribution in [2.75, 3.05) is 6.54 Å². The quantitative estimate of drug-likeness (QED) is 0.650. The van der Waals surface area contributed by atoms with Crippen LogP contribution in [0.1, 0.15) is 58.0 Å². The van der Waals surface area contributed by atoms with Crippen LogP contribution in [0.25, 0.3) is 0 Å². The van der Waals surface area contributed by atoms with Crippen LogP contribution in [-0.4, -0.2) is 38.3 Å². The molecule has 7 heteroatoms. The van der Waals surface area contributed by atoms with Crippen molar-refractivity contribution in [2.24, 2.45) is 0 Å². The summed E-state index contributed by atoms with van der Waals surface area (Å²) in [7, 11) is 0. The monoisotopic (exact) mass is 390 g/mol.